The quantitative estimate of drug-likeness (QED) is 0.420. The molecule has 0 saturated carbocycles. The topological polar surface area (TPSA) is 3.24 Å². The number of rotatable bonds is 3. The average molecular weight is 408 g/mol. The number of allylic oxidation sites excluding steroid dienone is 4. The number of halogens is 3. The normalized spacial score (nSPS) is 12.1. The minimum absolute atomic E-state index is 0. The van der Waals surface area contributed by atoms with Gasteiger partial charge in [0, 0.05) is 0 Å². The van der Waals surface area contributed by atoms with Crippen molar-refractivity contribution in [3.63, 3.8) is 0 Å². The van der Waals surface area contributed by atoms with E-state index in [2.05, 4.69) is 37.2 Å². The summed E-state index contributed by atoms with van der Waals surface area (Å²) in [7, 11) is 4.33. The maximum atomic E-state index is 2.31. The second kappa shape index (κ2) is 11.3. The van der Waals surface area contributed by atoms with Crippen LogP contribution in [-0.2, 0) is 22.9 Å². The van der Waals surface area contributed by atoms with Crippen molar-refractivity contribution in [3.8, 4) is 0 Å². The van der Waals surface area contributed by atoms with Crippen LogP contribution in [0, 0.1) is 0 Å². The molecule has 1 aliphatic rings. The second-order valence-corrected chi connectivity index (χ2v) is 7.45. The van der Waals surface area contributed by atoms with Gasteiger partial charge in [-0.05, 0) is 0 Å². The largest absolute Gasteiger partial charge is 1.00 e. The number of hydrogen-bond donors (Lipinski definition) is 0. The molecule has 0 unspecified atom stereocenters. The SMILES string of the molecule is CN(C)[CH2][Hf+3][C]1=CC=CC1.[Cl-].[Cl-].[Cl-]. The monoisotopic (exact) mass is 408 g/mol. The molecule has 0 saturated heterocycles. The summed E-state index contributed by atoms with van der Waals surface area (Å²) in [6, 6.07) is 0. The summed E-state index contributed by atoms with van der Waals surface area (Å²) in [5.41, 5.74) is 0. The van der Waals surface area contributed by atoms with E-state index in [1.54, 1.807) is 3.33 Å². The van der Waals surface area contributed by atoms with Gasteiger partial charge in [0.25, 0.3) is 0 Å². The van der Waals surface area contributed by atoms with Crippen LogP contribution in [0.25, 0.3) is 0 Å². The third kappa shape index (κ3) is 9.48. The summed E-state index contributed by atoms with van der Waals surface area (Å²) in [6.45, 7) is 0. The fourth-order valence-corrected chi connectivity index (χ4v) is 4.41. The molecule has 0 aliphatic heterocycles. The molecule has 0 radical (unpaired) electrons. The summed E-state index contributed by atoms with van der Waals surface area (Å²) < 4.78 is 3.13. The minimum Gasteiger partial charge on any atom is -1.00 e. The summed E-state index contributed by atoms with van der Waals surface area (Å²) in [4.78, 5) is 2.31. The van der Waals surface area contributed by atoms with Crippen molar-refractivity contribution in [2.24, 2.45) is 0 Å². The minimum atomic E-state index is -0.398. The Kier molecular flexibility index (Phi) is 17.1. The van der Waals surface area contributed by atoms with Crippen LogP contribution >= 0.6 is 0 Å². The first-order valence-corrected chi connectivity index (χ1v) is 7.87. The van der Waals surface area contributed by atoms with Gasteiger partial charge >= 0.3 is 74.2 Å². The Hall–Kier alpha value is 1.18. The van der Waals surface area contributed by atoms with Crippen molar-refractivity contribution in [2.75, 3.05) is 18.4 Å². The molecule has 0 aromatic rings. The molecule has 75 valence electrons. The van der Waals surface area contributed by atoms with Gasteiger partial charge in [0.2, 0.25) is 0 Å². The molecular weight excluding hydrogens is 395 g/mol. The first kappa shape index (κ1) is 19.7. The Morgan fingerprint density at radius 3 is 2.31 bits per heavy atom. The summed E-state index contributed by atoms with van der Waals surface area (Å²) >= 11 is -0.398. The molecule has 0 atom stereocenters. The van der Waals surface area contributed by atoms with E-state index in [0.29, 0.717) is 0 Å². The predicted octanol–water partition coefficient (Wildman–Crippen LogP) is -7.56. The standard InChI is InChI=1S/C5H5.C3H8N.3ClH.Hf/c1-2-4-5-3-1;1-4(2)3;;;;/h1-3H,4H2;1H2,2-3H3;3*1H;/q;;;;;+3/p-3. The van der Waals surface area contributed by atoms with Crippen molar-refractivity contribution < 1.29 is 60.1 Å². The summed E-state index contributed by atoms with van der Waals surface area (Å²) in [5.74, 6) is 0. The Bertz CT molecular complexity index is 169. The van der Waals surface area contributed by atoms with Crippen LogP contribution in [0.4, 0.5) is 0 Å². The predicted molar refractivity (Wildman–Crippen MR) is 40.4 cm³/mol. The molecular formula is C8H13Cl3HfN. The van der Waals surface area contributed by atoms with Crippen LogP contribution in [0.3, 0.4) is 0 Å². The molecule has 0 aromatic heterocycles. The molecule has 0 spiro atoms. The van der Waals surface area contributed by atoms with E-state index in [4.69, 9.17) is 0 Å². The van der Waals surface area contributed by atoms with E-state index in [1.807, 2.05) is 0 Å². The van der Waals surface area contributed by atoms with Crippen LogP contribution in [0.15, 0.2) is 21.6 Å². The molecule has 1 rings (SSSR count). The molecule has 0 fully saturated rings. The smallest absolute Gasteiger partial charge is 1.00 e. The average Bonchev–Trinajstić information content (AvgIpc) is 2.34. The maximum Gasteiger partial charge on any atom is -1.00 e. The van der Waals surface area contributed by atoms with Gasteiger partial charge in [-0.3, -0.25) is 0 Å². The van der Waals surface area contributed by atoms with E-state index in [1.165, 1.54) is 10.7 Å². The van der Waals surface area contributed by atoms with Crippen LogP contribution in [0.2, 0.25) is 0 Å². The van der Waals surface area contributed by atoms with Gasteiger partial charge in [0.05, 0.1) is 0 Å². The number of nitrogens with zero attached hydrogens (tertiary/aromatic N) is 1. The molecule has 13 heavy (non-hydrogen) atoms. The molecule has 1 aliphatic carbocycles. The van der Waals surface area contributed by atoms with Crippen molar-refractivity contribution >= 4 is 0 Å². The van der Waals surface area contributed by atoms with Gasteiger partial charge in [-0.15, -0.1) is 0 Å². The van der Waals surface area contributed by atoms with Crippen LogP contribution in [0.5, 0.6) is 0 Å². The molecule has 0 N–H and O–H groups in total. The van der Waals surface area contributed by atoms with Gasteiger partial charge in [0.15, 0.2) is 0 Å². The zero-order valence-electron chi connectivity index (χ0n) is 7.73. The van der Waals surface area contributed by atoms with Crippen LogP contribution < -0.4 is 37.2 Å². The molecule has 0 bridgehead atoms. The summed E-state index contributed by atoms with van der Waals surface area (Å²) in [6.07, 6.45) is 8.03. The van der Waals surface area contributed by atoms with Crippen LogP contribution in [0.1, 0.15) is 6.42 Å². The Balaban J connectivity index is -0.000000333. The maximum absolute atomic E-state index is 2.31. The fraction of sp³-hybridized carbons (Fsp3) is 0.500. The zero-order chi connectivity index (χ0) is 7.40. The second-order valence-electron chi connectivity index (χ2n) is 2.74. The third-order valence-corrected chi connectivity index (χ3v) is 7.20. The molecule has 1 nitrogen and oxygen atoms in total. The zero-order valence-corrected chi connectivity index (χ0v) is 13.6. The van der Waals surface area contributed by atoms with E-state index in [9.17, 15) is 0 Å². The third-order valence-electron chi connectivity index (χ3n) is 1.39. The van der Waals surface area contributed by atoms with Gasteiger partial charge < -0.3 is 37.2 Å². The van der Waals surface area contributed by atoms with Gasteiger partial charge in [-0.25, -0.2) is 0 Å². The molecule has 5 heteroatoms. The van der Waals surface area contributed by atoms with Crippen LogP contribution in [-0.4, -0.2) is 23.3 Å². The van der Waals surface area contributed by atoms with Crippen molar-refractivity contribution in [2.45, 2.75) is 6.42 Å². The first-order valence-electron chi connectivity index (χ1n) is 3.53. The first-order chi connectivity index (χ1) is 4.79. The Morgan fingerprint density at radius 1 is 1.31 bits per heavy atom. The van der Waals surface area contributed by atoms with Gasteiger partial charge in [0.1, 0.15) is 0 Å². The fourth-order valence-electron chi connectivity index (χ4n) is 0.838. The molecule has 0 heterocycles. The van der Waals surface area contributed by atoms with Gasteiger partial charge in [-0.2, -0.15) is 0 Å². The van der Waals surface area contributed by atoms with E-state index in [0.717, 1.165) is 0 Å². The molecule has 0 aromatic carbocycles. The van der Waals surface area contributed by atoms with E-state index in [-0.39, 0.29) is 37.2 Å². The van der Waals surface area contributed by atoms with Gasteiger partial charge in [-0.1, -0.05) is 0 Å². The van der Waals surface area contributed by atoms with Crippen molar-refractivity contribution in [1.29, 1.82) is 0 Å². The summed E-state index contributed by atoms with van der Waals surface area (Å²) in [5, 5.41) is 0. The van der Waals surface area contributed by atoms with E-state index < -0.39 is 22.9 Å². The van der Waals surface area contributed by atoms with Crippen molar-refractivity contribution in [3.05, 3.63) is 21.6 Å². The van der Waals surface area contributed by atoms with Crippen molar-refractivity contribution in [1.82, 2.24) is 4.90 Å². The van der Waals surface area contributed by atoms with E-state index >= 15 is 0 Å². The molecule has 0 amide bonds. The Morgan fingerprint density at radius 2 is 1.92 bits per heavy atom. The number of hydrogen-bond acceptors (Lipinski definition) is 1. The Labute approximate surface area is 111 Å².